The molecule has 0 aliphatic carbocycles. The molecule has 3 atom stereocenters. The molecule has 2 fully saturated rings. The Morgan fingerprint density at radius 2 is 2.02 bits per heavy atom. The van der Waals surface area contributed by atoms with E-state index >= 15 is 4.39 Å². The number of rotatable bonds is 7. The normalized spacial score (nSPS) is 22.2. The molecule has 0 unspecified atom stereocenters. The van der Waals surface area contributed by atoms with Crippen LogP contribution in [-0.2, 0) is 28.7 Å². The van der Waals surface area contributed by atoms with Gasteiger partial charge in [-0.3, -0.25) is 4.79 Å². The number of hydrogen-bond donors (Lipinski definition) is 1. The molecular weight excluding hydrogens is 601 g/mol. The standard InChI is InChI=1S/C30H34F5N7O3/c1-16-11-21(37)26(32)24(25(16)30(33,34)35)23-12-22-20(15-44-23)27(39-29(38-22)45-14-19-5-4-8-40(19)3)41-9-10-42(28(43)17(2)31)18(13-41)6-7-36/h11,18-19,23H,2,4-6,8-10,12-15,37H2,1,3H3/t18-,19-,23-/m0/s1. The third-order valence-electron chi connectivity index (χ3n) is 8.67. The zero-order valence-electron chi connectivity index (χ0n) is 25.0. The van der Waals surface area contributed by atoms with Crippen molar-refractivity contribution in [2.45, 2.75) is 63.6 Å². The minimum absolute atomic E-state index is 0.0163. The molecule has 1 aromatic heterocycles. The number of aromatic nitrogens is 2. The number of anilines is 2. The number of halogens is 5. The zero-order chi connectivity index (χ0) is 32.6. The molecule has 0 bridgehead atoms. The van der Waals surface area contributed by atoms with Crippen LogP contribution in [0.25, 0.3) is 0 Å². The van der Waals surface area contributed by atoms with Gasteiger partial charge in [-0.15, -0.1) is 0 Å². The second-order valence-corrected chi connectivity index (χ2v) is 11.6. The van der Waals surface area contributed by atoms with E-state index in [1.54, 1.807) is 4.90 Å². The molecule has 0 saturated carbocycles. The van der Waals surface area contributed by atoms with Gasteiger partial charge in [0.1, 0.15) is 12.4 Å². The monoisotopic (exact) mass is 635 g/mol. The number of amides is 1. The van der Waals surface area contributed by atoms with Crippen LogP contribution in [0.2, 0.25) is 0 Å². The lowest BCUT2D eigenvalue weighted by Crippen LogP contribution is -2.55. The molecule has 3 aliphatic rings. The van der Waals surface area contributed by atoms with Crippen LogP contribution in [-0.4, -0.2) is 77.6 Å². The number of nitrogen functional groups attached to an aromatic ring is 1. The van der Waals surface area contributed by atoms with E-state index in [0.717, 1.165) is 25.5 Å². The summed E-state index contributed by atoms with van der Waals surface area (Å²) < 4.78 is 83.5. The summed E-state index contributed by atoms with van der Waals surface area (Å²) in [4.78, 5) is 26.8. The predicted octanol–water partition coefficient (Wildman–Crippen LogP) is 4.23. The van der Waals surface area contributed by atoms with Crippen molar-refractivity contribution < 1.29 is 36.2 Å². The molecule has 3 aliphatic heterocycles. The van der Waals surface area contributed by atoms with Crippen molar-refractivity contribution in [1.82, 2.24) is 19.8 Å². The topological polar surface area (TPSA) is 121 Å². The fourth-order valence-corrected chi connectivity index (χ4v) is 6.38. The van der Waals surface area contributed by atoms with Crippen LogP contribution in [0.5, 0.6) is 6.01 Å². The zero-order valence-corrected chi connectivity index (χ0v) is 25.0. The second-order valence-electron chi connectivity index (χ2n) is 11.6. The lowest BCUT2D eigenvalue weighted by Gasteiger charge is -2.42. The number of benzene rings is 1. The van der Waals surface area contributed by atoms with Crippen LogP contribution in [0.3, 0.4) is 0 Å². The van der Waals surface area contributed by atoms with Gasteiger partial charge in [0.05, 0.1) is 48.2 Å². The first kappa shape index (κ1) is 32.4. The van der Waals surface area contributed by atoms with E-state index in [0.29, 0.717) is 17.1 Å². The molecule has 5 rings (SSSR count). The highest BCUT2D eigenvalue weighted by Crippen LogP contribution is 2.44. The van der Waals surface area contributed by atoms with Crippen LogP contribution in [0, 0.1) is 24.1 Å². The molecule has 4 heterocycles. The molecule has 1 aromatic carbocycles. The van der Waals surface area contributed by atoms with Crippen LogP contribution in [0.1, 0.15) is 53.3 Å². The van der Waals surface area contributed by atoms with E-state index in [4.69, 9.17) is 15.2 Å². The minimum Gasteiger partial charge on any atom is -0.462 e. The van der Waals surface area contributed by atoms with Gasteiger partial charge in [0.2, 0.25) is 0 Å². The average molecular weight is 636 g/mol. The molecule has 2 N–H and O–H groups in total. The molecule has 1 amide bonds. The highest BCUT2D eigenvalue weighted by Gasteiger charge is 2.42. The quantitative estimate of drug-likeness (QED) is 0.271. The second kappa shape index (κ2) is 12.8. The fraction of sp³-hybridized carbons (Fsp3) is 0.533. The summed E-state index contributed by atoms with van der Waals surface area (Å²) in [6.07, 6.45) is -4.63. The molecule has 0 spiro atoms. The number of carbonyl (C=O) groups excluding carboxylic acids is 1. The molecule has 2 aromatic rings. The van der Waals surface area contributed by atoms with Crippen LogP contribution >= 0.6 is 0 Å². The Labute approximate surface area is 257 Å². The highest BCUT2D eigenvalue weighted by molar-refractivity contribution is 5.91. The van der Waals surface area contributed by atoms with Gasteiger partial charge in [0.15, 0.2) is 11.6 Å². The van der Waals surface area contributed by atoms with Crippen molar-refractivity contribution in [1.29, 1.82) is 5.26 Å². The van der Waals surface area contributed by atoms with Crippen LogP contribution in [0.15, 0.2) is 18.5 Å². The molecule has 10 nitrogen and oxygen atoms in total. The number of likely N-dealkylation sites (tertiary alicyclic amines) is 1. The number of nitrogens with zero attached hydrogens (tertiary/aromatic N) is 6. The number of fused-ring (bicyclic) bond motifs is 1. The predicted molar refractivity (Wildman–Crippen MR) is 153 cm³/mol. The number of ether oxygens (including phenoxy) is 2. The van der Waals surface area contributed by atoms with Crippen molar-refractivity contribution in [3.8, 4) is 12.1 Å². The average Bonchev–Trinajstić information content (AvgIpc) is 3.40. The Morgan fingerprint density at radius 1 is 1.27 bits per heavy atom. The van der Waals surface area contributed by atoms with Gasteiger partial charge in [0.25, 0.3) is 5.91 Å². The van der Waals surface area contributed by atoms with Crippen molar-refractivity contribution in [3.05, 3.63) is 52.2 Å². The van der Waals surface area contributed by atoms with Crippen LogP contribution < -0.4 is 15.4 Å². The Hall–Kier alpha value is -4.03. The first-order valence-corrected chi connectivity index (χ1v) is 14.6. The van der Waals surface area contributed by atoms with Gasteiger partial charge < -0.3 is 29.9 Å². The number of aryl methyl sites for hydroxylation is 1. The summed E-state index contributed by atoms with van der Waals surface area (Å²) in [7, 11) is 1.98. The number of nitriles is 1. The Morgan fingerprint density at radius 3 is 2.67 bits per heavy atom. The molecule has 15 heteroatoms. The number of nitrogens with two attached hydrogens (primary N) is 1. The molecule has 45 heavy (non-hydrogen) atoms. The van der Waals surface area contributed by atoms with Gasteiger partial charge in [-0.25, -0.2) is 8.78 Å². The van der Waals surface area contributed by atoms with E-state index in [-0.39, 0.29) is 63.3 Å². The maximum atomic E-state index is 15.3. The maximum absolute atomic E-state index is 15.3. The van der Waals surface area contributed by atoms with Crippen LogP contribution in [0.4, 0.5) is 33.5 Å². The van der Waals surface area contributed by atoms with Crippen molar-refractivity contribution in [3.63, 3.8) is 0 Å². The van der Waals surface area contributed by atoms with E-state index in [1.165, 1.54) is 11.8 Å². The number of likely N-dealkylation sites (N-methyl/N-ethyl adjacent to an activating group) is 1. The Bertz CT molecular complexity index is 1530. The Kier molecular flexibility index (Phi) is 9.18. The van der Waals surface area contributed by atoms with Gasteiger partial charge in [-0.1, -0.05) is 6.58 Å². The summed E-state index contributed by atoms with van der Waals surface area (Å²) in [5.41, 5.74) is 4.02. The van der Waals surface area contributed by atoms with E-state index < -0.39 is 52.7 Å². The van der Waals surface area contributed by atoms with Crippen molar-refractivity contribution >= 4 is 17.4 Å². The number of carbonyl (C=O) groups is 1. The molecule has 2 saturated heterocycles. The number of piperazine rings is 1. The lowest BCUT2D eigenvalue weighted by atomic mass is 9.91. The van der Waals surface area contributed by atoms with Gasteiger partial charge >= 0.3 is 12.2 Å². The summed E-state index contributed by atoms with van der Waals surface area (Å²) in [6.45, 7) is 5.58. The SMILES string of the molecule is C=C(F)C(=O)N1CCN(c2nc(OC[C@@H]3CCCN3C)nc3c2CO[C@H](c2c(F)c(N)cc(C)c2C(F)(F)F)C3)C[C@@H]1CC#N. The first-order valence-electron chi connectivity index (χ1n) is 14.6. The van der Waals surface area contributed by atoms with E-state index in [9.17, 15) is 27.6 Å². The first-order chi connectivity index (χ1) is 21.3. The molecule has 242 valence electrons. The van der Waals surface area contributed by atoms with E-state index in [2.05, 4.69) is 21.4 Å². The fourth-order valence-electron chi connectivity index (χ4n) is 6.38. The molecule has 0 radical (unpaired) electrons. The van der Waals surface area contributed by atoms with Gasteiger partial charge in [-0.05, 0) is 45.0 Å². The number of hydrogen-bond acceptors (Lipinski definition) is 9. The van der Waals surface area contributed by atoms with Crippen molar-refractivity contribution in [2.24, 2.45) is 0 Å². The van der Waals surface area contributed by atoms with Gasteiger partial charge in [0, 0.05) is 43.2 Å². The Balaban J connectivity index is 1.53. The summed E-state index contributed by atoms with van der Waals surface area (Å²) in [5.74, 6) is -2.90. The minimum atomic E-state index is -4.87. The van der Waals surface area contributed by atoms with Gasteiger partial charge in [-0.2, -0.15) is 28.4 Å². The van der Waals surface area contributed by atoms with E-state index in [1.807, 2.05) is 13.1 Å². The number of alkyl halides is 3. The third kappa shape index (κ3) is 6.53. The van der Waals surface area contributed by atoms with Crippen molar-refractivity contribution in [2.75, 3.05) is 50.5 Å². The summed E-state index contributed by atoms with van der Waals surface area (Å²) in [6, 6.07) is 2.38. The summed E-state index contributed by atoms with van der Waals surface area (Å²) in [5, 5.41) is 9.41. The highest BCUT2D eigenvalue weighted by atomic mass is 19.4. The lowest BCUT2D eigenvalue weighted by molar-refractivity contribution is -0.140. The largest absolute Gasteiger partial charge is 0.462 e. The third-order valence-corrected chi connectivity index (χ3v) is 8.67. The molecular formula is C30H34F5N7O3. The maximum Gasteiger partial charge on any atom is 0.417 e. The summed E-state index contributed by atoms with van der Waals surface area (Å²) >= 11 is 0. The smallest absolute Gasteiger partial charge is 0.417 e.